The number of carbonyl (C=O) groups excluding carboxylic acids is 1. The molecule has 1 spiro atoms. The summed E-state index contributed by atoms with van der Waals surface area (Å²) in [6.45, 7) is 11.1. The van der Waals surface area contributed by atoms with Gasteiger partial charge in [0.2, 0.25) is 15.7 Å². The summed E-state index contributed by atoms with van der Waals surface area (Å²) in [6, 6.07) is 7.73. The molecule has 0 N–H and O–H groups in total. The van der Waals surface area contributed by atoms with Gasteiger partial charge in [-0.3, -0.25) is 9.80 Å². The number of anilines is 1. The molecule has 1 aromatic carbocycles. The van der Waals surface area contributed by atoms with E-state index in [1.54, 1.807) is 18.2 Å². The van der Waals surface area contributed by atoms with E-state index in [9.17, 15) is 17.6 Å². The normalized spacial score (nSPS) is 20.9. The molecule has 0 radical (unpaired) electrons. The Morgan fingerprint density at radius 2 is 1.92 bits per heavy atom. The van der Waals surface area contributed by atoms with Gasteiger partial charge in [0.15, 0.2) is 0 Å². The maximum absolute atomic E-state index is 13.7. The van der Waals surface area contributed by atoms with Crippen molar-refractivity contribution in [2.45, 2.75) is 37.1 Å². The molecule has 36 heavy (non-hydrogen) atoms. The number of piperidine rings is 2. The number of likely N-dealkylation sites (tertiary alicyclic amines) is 1. The number of aromatic nitrogens is 1. The van der Waals surface area contributed by atoms with Crippen molar-refractivity contribution in [2.75, 3.05) is 44.2 Å². The first-order valence-electron chi connectivity index (χ1n) is 12.1. The molecule has 11 heteroatoms. The van der Waals surface area contributed by atoms with Crippen LogP contribution in [0.15, 0.2) is 41.4 Å². The molecule has 0 bridgehead atoms. The maximum Gasteiger partial charge on any atom is 0.415 e. The van der Waals surface area contributed by atoms with E-state index in [4.69, 9.17) is 11.3 Å². The second-order valence-electron chi connectivity index (χ2n) is 9.73. The fourth-order valence-electron chi connectivity index (χ4n) is 5.49. The molecule has 3 saturated heterocycles. The average Bonchev–Trinajstić information content (AvgIpc) is 3.31. The number of benzene rings is 1. The van der Waals surface area contributed by atoms with Crippen molar-refractivity contribution < 1.29 is 22.3 Å². The van der Waals surface area contributed by atoms with E-state index >= 15 is 0 Å². The van der Waals surface area contributed by atoms with Gasteiger partial charge in [-0.15, -0.1) is 0 Å². The number of carbonyl (C=O) groups is 1. The van der Waals surface area contributed by atoms with Gasteiger partial charge in [0.05, 0.1) is 13.1 Å². The molecule has 1 aromatic heterocycles. The predicted octanol–water partition coefficient (Wildman–Crippen LogP) is 3.79. The number of ether oxygens (including phenoxy) is 1. The highest BCUT2D eigenvalue weighted by atomic mass is 32.2. The van der Waals surface area contributed by atoms with E-state index in [2.05, 4.69) is 14.7 Å². The molecule has 190 valence electrons. The summed E-state index contributed by atoms with van der Waals surface area (Å²) in [5.74, 6) is -0.123. The summed E-state index contributed by atoms with van der Waals surface area (Å²) >= 11 is 0. The van der Waals surface area contributed by atoms with Gasteiger partial charge in [0.1, 0.15) is 23.1 Å². The van der Waals surface area contributed by atoms with Gasteiger partial charge in [0.25, 0.3) is 0 Å². The summed E-state index contributed by atoms with van der Waals surface area (Å²) in [4.78, 5) is 23.0. The molecular weight excluding hydrogens is 485 g/mol. The number of halogens is 1. The van der Waals surface area contributed by atoms with Crippen LogP contribution in [0.3, 0.4) is 0 Å². The first-order valence-corrected chi connectivity index (χ1v) is 13.5. The van der Waals surface area contributed by atoms with Gasteiger partial charge in [-0.1, -0.05) is 6.07 Å². The van der Waals surface area contributed by atoms with Crippen LogP contribution in [-0.2, 0) is 21.3 Å². The quantitative estimate of drug-likeness (QED) is 0.566. The van der Waals surface area contributed by atoms with Gasteiger partial charge in [-0.25, -0.2) is 27.4 Å². The largest absolute Gasteiger partial charge is 0.447 e. The Morgan fingerprint density at radius 1 is 1.11 bits per heavy atom. The van der Waals surface area contributed by atoms with Gasteiger partial charge in [-0.2, -0.15) is 4.31 Å². The lowest BCUT2D eigenvalue weighted by molar-refractivity contribution is 0.0393. The topological polar surface area (TPSA) is 87.4 Å². The summed E-state index contributed by atoms with van der Waals surface area (Å²) in [5, 5.41) is 0. The molecule has 0 atom stereocenters. The Kier molecular flexibility index (Phi) is 6.68. The lowest BCUT2D eigenvalue weighted by Crippen LogP contribution is -2.50. The number of hydrogen-bond donors (Lipinski definition) is 0. The van der Waals surface area contributed by atoms with E-state index in [1.165, 1.54) is 27.5 Å². The highest BCUT2D eigenvalue weighted by Gasteiger charge is 2.41. The minimum absolute atomic E-state index is 0.0422. The summed E-state index contributed by atoms with van der Waals surface area (Å²) in [7, 11) is -3.69. The van der Waals surface area contributed by atoms with Crippen molar-refractivity contribution in [1.82, 2.24) is 14.2 Å². The second-order valence-corrected chi connectivity index (χ2v) is 11.7. The highest BCUT2D eigenvalue weighted by molar-refractivity contribution is 7.89. The van der Waals surface area contributed by atoms with Crippen LogP contribution in [0, 0.1) is 17.8 Å². The SMILES string of the molecule is [C-]#[N+]c1cc(CN2CCCC3(CCN(S(=O)(=O)c4ccc(N5CCOC5=O)nc4)CC3)C2)ccc1F. The van der Waals surface area contributed by atoms with Crippen LogP contribution in [0.1, 0.15) is 31.2 Å². The van der Waals surface area contributed by atoms with Crippen LogP contribution in [0.4, 0.5) is 20.7 Å². The first-order chi connectivity index (χ1) is 17.3. The van der Waals surface area contributed by atoms with Crippen LogP contribution in [0.5, 0.6) is 0 Å². The Labute approximate surface area is 210 Å². The van der Waals surface area contributed by atoms with Crippen LogP contribution in [0.2, 0.25) is 0 Å². The van der Waals surface area contributed by atoms with Crippen molar-refractivity contribution in [3.63, 3.8) is 0 Å². The third kappa shape index (κ3) is 4.81. The van der Waals surface area contributed by atoms with E-state index < -0.39 is 21.9 Å². The Bertz CT molecular complexity index is 1290. The predicted molar refractivity (Wildman–Crippen MR) is 131 cm³/mol. The monoisotopic (exact) mass is 513 g/mol. The fraction of sp³-hybridized carbons (Fsp3) is 0.480. The Hall–Kier alpha value is -3.07. The number of hydrogen-bond acceptors (Lipinski definition) is 6. The van der Waals surface area contributed by atoms with Crippen molar-refractivity contribution in [2.24, 2.45) is 5.41 Å². The van der Waals surface area contributed by atoms with E-state index in [-0.39, 0.29) is 16.0 Å². The van der Waals surface area contributed by atoms with Gasteiger partial charge in [0, 0.05) is 32.4 Å². The van der Waals surface area contributed by atoms with Crippen molar-refractivity contribution >= 4 is 27.6 Å². The Morgan fingerprint density at radius 3 is 2.58 bits per heavy atom. The van der Waals surface area contributed by atoms with E-state index in [0.29, 0.717) is 38.6 Å². The number of cyclic esters (lactones) is 1. The fourth-order valence-corrected chi connectivity index (χ4v) is 6.88. The summed E-state index contributed by atoms with van der Waals surface area (Å²) < 4.78 is 46.7. The van der Waals surface area contributed by atoms with Crippen LogP contribution in [0.25, 0.3) is 4.85 Å². The van der Waals surface area contributed by atoms with Crippen molar-refractivity contribution in [3.05, 3.63) is 59.3 Å². The molecule has 0 aliphatic carbocycles. The minimum atomic E-state index is -3.69. The highest BCUT2D eigenvalue weighted by Crippen LogP contribution is 2.41. The number of amides is 1. The van der Waals surface area contributed by atoms with Crippen molar-refractivity contribution in [3.8, 4) is 0 Å². The van der Waals surface area contributed by atoms with Gasteiger partial charge >= 0.3 is 6.09 Å². The molecule has 3 fully saturated rings. The van der Waals surface area contributed by atoms with Crippen molar-refractivity contribution in [1.29, 1.82) is 0 Å². The molecule has 3 aliphatic heterocycles. The van der Waals surface area contributed by atoms with E-state index in [1.807, 2.05) is 0 Å². The molecule has 0 unspecified atom stereocenters. The molecule has 3 aliphatic rings. The number of rotatable bonds is 5. The van der Waals surface area contributed by atoms with Crippen LogP contribution in [-0.4, -0.2) is 68.0 Å². The third-order valence-corrected chi connectivity index (χ3v) is 9.34. The summed E-state index contributed by atoms with van der Waals surface area (Å²) in [6.07, 6.45) is 4.44. The lowest BCUT2D eigenvalue weighted by Gasteiger charge is -2.47. The summed E-state index contributed by atoms with van der Waals surface area (Å²) in [5.41, 5.74) is 1.00. The van der Waals surface area contributed by atoms with Gasteiger partial charge in [-0.05, 0) is 67.5 Å². The van der Waals surface area contributed by atoms with Gasteiger partial charge < -0.3 is 4.74 Å². The molecule has 1 amide bonds. The molecule has 0 saturated carbocycles. The third-order valence-electron chi connectivity index (χ3n) is 7.46. The van der Waals surface area contributed by atoms with Crippen LogP contribution < -0.4 is 4.90 Å². The number of pyridine rings is 1. The molecule has 5 rings (SSSR count). The Balaban J connectivity index is 1.22. The van der Waals surface area contributed by atoms with Crippen LogP contribution >= 0.6 is 0 Å². The standard InChI is InChI=1S/C25H28FN5O4S/c1-27-22-15-19(3-5-21(22)26)17-29-10-2-7-25(18-29)8-11-30(12-9-25)36(33,34)20-4-6-23(28-16-20)31-13-14-35-24(31)32/h3-6,15-16H,2,7-14,17-18H2. The maximum atomic E-state index is 13.7. The molecule has 9 nitrogen and oxygen atoms in total. The molecule has 4 heterocycles. The molecule has 2 aromatic rings. The zero-order chi connectivity index (χ0) is 25.3. The lowest BCUT2D eigenvalue weighted by atomic mass is 9.73. The minimum Gasteiger partial charge on any atom is -0.447 e. The zero-order valence-electron chi connectivity index (χ0n) is 19.9. The van der Waals surface area contributed by atoms with E-state index in [0.717, 1.165) is 44.3 Å². The average molecular weight is 514 g/mol. The first kappa shape index (κ1) is 24.6. The number of nitrogens with zero attached hydrogens (tertiary/aromatic N) is 5. The molecular formula is C25H28FN5O4S. The zero-order valence-corrected chi connectivity index (χ0v) is 20.7. The second kappa shape index (κ2) is 9.76. The smallest absolute Gasteiger partial charge is 0.415 e. The number of sulfonamides is 1.